The lowest BCUT2D eigenvalue weighted by Gasteiger charge is -2.13. The van der Waals surface area contributed by atoms with E-state index in [0.29, 0.717) is 16.3 Å². The van der Waals surface area contributed by atoms with E-state index in [2.05, 4.69) is 20.0 Å². The molecule has 0 fully saturated rings. The van der Waals surface area contributed by atoms with Gasteiger partial charge in [0.1, 0.15) is 10.7 Å². The van der Waals surface area contributed by atoms with Gasteiger partial charge in [-0.1, -0.05) is 16.1 Å². The van der Waals surface area contributed by atoms with Gasteiger partial charge in [0.2, 0.25) is 0 Å². The Labute approximate surface area is 154 Å². The molecule has 6 nitrogen and oxygen atoms in total. The highest BCUT2D eigenvalue weighted by Crippen LogP contribution is 2.34. The molecule has 1 N–H and O–H groups in total. The number of hydrogen-bond donors (Lipinski definition) is 1. The summed E-state index contributed by atoms with van der Waals surface area (Å²) in [5, 5.41) is 10.6. The Morgan fingerprint density at radius 3 is 2.62 bits per heavy atom. The van der Waals surface area contributed by atoms with Crippen molar-refractivity contribution in [3.8, 4) is 5.69 Å². The number of carbonyl (C=O) groups is 1. The lowest BCUT2D eigenvalue weighted by Crippen LogP contribution is -2.15. The highest BCUT2D eigenvalue weighted by molar-refractivity contribution is 7.08. The minimum absolute atomic E-state index is 0.00374. The van der Waals surface area contributed by atoms with Crippen molar-refractivity contribution in [3.63, 3.8) is 0 Å². The van der Waals surface area contributed by atoms with Crippen LogP contribution in [0.5, 0.6) is 0 Å². The van der Waals surface area contributed by atoms with Crippen molar-refractivity contribution in [2.75, 3.05) is 5.32 Å². The maximum atomic E-state index is 13.0. The molecule has 0 aliphatic heterocycles. The van der Waals surface area contributed by atoms with E-state index in [-0.39, 0.29) is 16.5 Å². The third-order valence-corrected chi connectivity index (χ3v) is 4.58. The van der Waals surface area contributed by atoms with Crippen molar-refractivity contribution in [2.45, 2.75) is 20.0 Å². The van der Waals surface area contributed by atoms with E-state index >= 15 is 0 Å². The van der Waals surface area contributed by atoms with Gasteiger partial charge in [-0.05, 0) is 43.6 Å². The van der Waals surface area contributed by atoms with Crippen LogP contribution < -0.4 is 5.32 Å². The van der Waals surface area contributed by atoms with Gasteiger partial charge in [-0.15, -0.1) is 5.10 Å². The number of halogens is 4. The van der Waals surface area contributed by atoms with Gasteiger partial charge in [-0.25, -0.2) is 4.68 Å². The molecule has 0 atom stereocenters. The number of carbonyl (C=O) groups excluding carboxylic acids is 1. The molecule has 0 aliphatic carbocycles. The molecule has 0 spiro atoms. The van der Waals surface area contributed by atoms with E-state index < -0.39 is 17.6 Å². The predicted molar refractivity (Wildman–Crippen MR) is 90.9 cm³/mol. The minimum atomic E-state index is -4.53. The molecule has 3 aromatic rings. The van der Waals surface area contributed by atoms with Crippen LogP contribution >= 0.6 is 23.1 Å². The van der Waals surface area contributed by atoms with Crippen molar-refractivity contribution in [1.29, 1.82) is 0 Å². The van der Waals surface area contributed by atoms with Crippen LogP contribution in [0.2, 0.25) is 5.02 Å². The van der Waals surface area contributed by atoms with Crippen LogP contribution in [0.3, 0.4) is 0 Å². The lowest BCUT2D eigenvalue weighted by molar-refractivity contribution is -0.137. The number of benzene rings is 1. The summed E-state index contributed by atoms with van der Waals surface area (Å²) in [6, 6.07) is 4.43. The van der Waals surface area contributed by atoms with Gasteiger partial charge < -0.3 is 5.32 Å². The minimum Gasteiger partial charge on any atom is -0.306 e. The molecule has 2 aromatic heterocycles. The van der Waals surface area contributed by atoms with Crippen LogP contribution in [0.15, 0.2) is 24.3 Å². The monoisotopic (exact) mass is 401 g/mol. The Kier molecular flexibility index (Phi) is 4.72. The molecule has 0 saturated carbocycles. The van der Waals surface area contributed by atoms with Gasteiger partial charge in [0.15, 0.2) is 0 Å². The first kappa shape index (κ1) is 18.3. The number of alkyl halides is 3. The first-order valence-electron chi connectivity index (χ1n) is 7.21. The van der Waals surface area contributed by atoms with Crippen LogP contribution in [0.4, 0.5) is 19.0 Å². The second-order valence-electron chi connectivity index (χ2n) is 5.39. The quantitative estimate of drug-likeness (QED) is 0.711. The topological polar surface area (TPSA) is 72.7 Å². The van der Waals surface area contributed by atoms with E-state index in [9.17, 15) is 18.0 Å². The molecule has 0 radical (unpaired) electrons. The van der Waals surface area contributed by atoms with Gasteiger partial charge in [0.25, 0.3) is 5.91 Å². The van der Waals surface area contributed by atoms with Crippen molar-refractivity contribution in [1.82, 2.24) is 19.4 Å². The van der Waals surface area contributed by atoms with E-state index in [1.165, 1.54) is 6.07 Å². The summed E-state index contributed by atoms with van der Waals surface area (Å²) in [7, 11) is 0. The van der Waals surface area contributed by atoms with Crippen LogP contribution in [0.25, 0.3) is 5.69 Å². The highest BCUT2D eigenvalue weighted by atomic mass is 35.5. The fourth-order valence-electron chi connectivity index (χ4n) is 2.24. The number of nitrogens with one attached hydrogen (secondary N) is 1. The average molecular weight is 402 g/mol. The lowest BCUT2D eigenvalue weighted by atomic mass is 10.2. The van der Waals surface area contributed by atoms with Gasteiger partial charge in [0, 0.05) is 6.07 Å². The van der Waals surface area contributed by atoms with Gasteiger partial charge in [-0.2, -0.15) is 18.3 Å². The third-order valence-electron chi connectivity index (χ3n) is 3.43. The molecule has 0 aliphatic rings. The Morgan fingerprint density at radius 2 is 2.00 bits per heavy atom. The van der Waals surface area contributed by atoms with Crippen molar-refractivity contribution < 1.29 is 18.0 Å². The molecule has 3 rings (SSSR count). The van der Waals surface area contributed by atoms with E-state index in [1.54, 1.807) is 13.8 Å². The number of nitrogens with zero attached hydrogens (tertiary/aromatic N) is 4. The van der Waals surface area contributed by atoms with E-state index in [4.69, 9.17) is 11.6 Å². The van der Waals surface area contributed by atoms with Crippen molar-refractivity contribution in [3.05, 3.63) is 51.1 Å². The zero-order chi connectivity index (χ0) is 19.1. The number of anilines is 1. The maximum Gasteiger partial charge on any atom is 0.416 e. The largest absolute Gasteiger partial charge is 0.416 e. The summed E-state index contributed by atoms with van der Waals surface area (Å²) in [6.07, 6.45) is -4.53. The summed E-state index contributed by atoms with van der Waals surface area (Å²) in [5.74, 6) is -0.303. The molecule has 1 amide bonds. The van der Waals surface area contributed by atoms with Gasteiger partial charge in [-0.3, -0.25) is 4.79 Å². The molecular formula is C15H11ClF3N5OS. The van der Waals surface area contributed by atoms with Crippen LogP contribution in [0, 0.1) is 13.8 Å². The number of rotatable bonds is 3. The van der Waals surface area contributed by atoms with E-state index in [1.807, 2.05) is 0 Å². The molecule has 26 heavy (non-hydrogen) atoms. The molecule has 0 unspecified atom stereocenters. The zero-order valence-electron chi connectivity index (χ0n) is 13.4. The first-order valence-corrected chi connectivity index (χ1v) is 8.36. The molecule has 0 bridgehead atoms. The Balaban J connectivity index is 2.03. The molecule has 1 aromatic carbocycles. The van der Waals surface area contributed by atoms with Crippen LogP contribution in [-0.4, -0.2) is 25.3 Å². The average Bonchev–Trinajstić information content (AvgIpc) is 3.12. The highest BCUT2D eigenvalue weighted by Gasteiger charge is 2.31. The number of hydrogen-bond acceptors (Lipinski definition) is 5. The fourth-order valence-corrected chi connectivity index (χ4v) is 2.99. The van der Waals surface area contributed by atoms with Crippen LogP contribution in [-0.2, 0) is 6.18 Å². The maximum absolute atomic E-state index is 13.0. The third kappa shape index (κ3) is 3.56. The second kappa shape index (κ2) is 6.69. The molecule has 136 valence electrons. The SMILES string of the molecule is Cc1cc(NC(=O)c2snnc2C)n(-c2cc(C(F)(F)F)ccc2Cl)n1. The van der Waals surface area contributed by atoms with Gasteiger partial charge >= 0.3 is 6.18 Å². The Morgan fingerprint density at radius 1 is 1.27 bits per heavy atom. The number of aryl methyl sites for hydroxylation is 2. The normalized spacial score (nSPS) is 11.6. The second-order valence-corrected chi connectivity index (χ2v) is 6.55. The summed E-state index contributed by atoms with van der Waals surface area (Å²) in [5.41, 5.74) is 0.0780. The smallest absolute Gasteiger partial charge is 0.306 e. The number of amides is 1. The first-order chi connectivity index (χ1) is 12.2. The number of aromatic nitrogens is 4. The van der Waals surface area contributed by atoms with Gasteiger partial charge in [0.05, 0.1) is 27.7 Å². The fraction of sp³-hybridized carbons (Fsp3) is 0.200. The van der Waals surface area contributed by atoms with E-state index in [0.717, 1.165) is 34.4 Å². The van der Waals surface area contributed by atoms with Crippen LogP contribution in [0.1, 0.15) is 26.6 Å². The summed E-state index contributed by atoms with van der Waals surface area (Å²) < 4.78 is 43.9. The standard InChI is InChI=1S/C15H11ClF3N5OS/c1-7-5-12(20-14(25)13-8(2)21-23-26-13)24(22-7)11-6-9(15(17,18)19)3-4-10(11)16/h3-6H,1-2H3,(H,20,25). The molecule has 2 heterocycles. The molecular weight excluding hydrogens is 391 g/mol. The Hall–Kier alpha value is -2.46. The molecule has 11 heteroatoms. The van der Waals surface area contributed by atoms with Crippen molar-refractivity contribution >= 4 is 34.9 Å². The summed E-state index contributed by atoms with van der Waals surface area (Å²) in [4.78, 5) is 12.7. The molecule has 0 saturated heterocycles. The zero-order valence-corrected chi connectivity index (χ0v) is 15.0. The summed E-state index contributed by atoms with van der Waals surface area (Å²) in [6.45, 7) is 3.28. The Bertz CT molecular complexity index is 982. The predicted octanol–water partition coefficient (Wildman–Crippen LogP) is 4.27. The van der Waals surface area contributed by atoms with Crippen molar-refractivity contribution in [2.24, 2.45) is 0 Å². The summed E-state index contributed by atoms with van der Waals surface area (Å²) >= 11 is 6.98.